The third-order valence-corrected chi connectivity index (χ3v) is 5.45. The van der Waals surface area contributed by atoms with Gasteiger partial charge in [-0.1, -0.05) is 36.4 Å². The average molecular weight is 382 g/mol. The van der Waals surface area contributed by atoms with Crippen LogP contribution in [0.25, 0.3) is 0 Å². The highest BCUT2D eigenvalue weighted by molar-refractivity contribution is 8.00. The molecule has 0 radical (unpaired) electrons. The van der Waals surface area contributed by atoms with Gasteiger partial charge in [-0.05, 0) is 31.0 Å². The van der Waals surface area contributed by atoms with E-state index >= 15 is 0 Å². The van der Waals surface area contributed by atoms with Crippen molar-refractivity contribution in [1.82, 2.24) is 20.2 Å². The summed E-state index contributed by atoms with van der Waals surface area (Å²) in [5.74, 6) is 1.30. The summed E-state index contributed by atoms with van der Waals surface area (Å²) in [7, 11) is 1.57. The number of nitrogens with zero attached hydrogens (tertiary/aromatic N) is 3. The zero-order valence-electron chi connectivity index (χ0n) is 14.2. The number of carbonyl (C=O) groups excluding carboxylic acids is 1. The normalized spacial score (nSPS) is 19.0. The second kappa shape index (κ2) is 7.53. The van der Waals surface area contributed by atoms with Gasteiger partial charge in [0.1, 0.15) is 16.8 Å². The molecular weight excluding hydrogens is 362 g/mol. The zero-order chi connectivity index (χ0) is 18.0. The molecular formula is C16H20ClN5O2S. The standard InChI is InChI=1S/C16H20ClN5O2S/c1-4-7-18-15(23)14-13(10-5-6-12(24-3)11(17)8-10)21-22-9(2)19-20-16(22)25-14/h5-6,8,13-14,21H,4,7H2,1-3H3,(H,18,23)/t13-,14+/m0/s1. The van der Waals surface area contributed by atoms with Crippen LogP contribution in [-0.2, 0) is 4.79 Å². The molecule has 1 aromatic heterocycles. The molecule has 1 aliphatic rings. The lowest BCUT2D eigenvalue weighted by molar-refractivity contribution is -0.120. The third kappa shape index (κ3) is 3.55. The van der Waals surface area contributed by atoms with E-state index in [1.54, 1.807) is 17.9 Å². The Kier molecular flexibility index (Phi) is 5.39. The summed E-state index contributed by atoms with van der Waals surface area (Å²) in [6, 6.07) is 5.27. The molecule has 2 N–H and O–H groups in total. The molecule has 7 nitrogen and oxygen atoms in total. The molecule has 2 aromatic rings. The molecule has 2 heterocycles. The van der Waals surface area contributed by atoms with Gasteiger partial charge in [0.05, 0.1) is 18.2 Å². The van der Waals surface area contributed by atoms with Gasteiger partial charge in [-0.15, -0.1) is 10.2 Å². The topological polar surface area (TPSA) is 81.1 Å². The van der Waals surface area contributed by atoms with Crippen LogP contribution in [0, 0.1) is 6.92 Å². The molecule has 2 atom stereocenters. The van der Waals surface area contributed by atoms with Crippen LogP contribution in [0.15, 0.2) is 23.4 Å². The predicted molar refractivity (Wildman–Crippen MR) is 97.8 cm³/mol. The van der Waals surface area contributed by atoms with Crippen molar-refractivity contribution >= 4 is 29.3 Å². The Morgan fingerprint density at radius 2 is 2.28 bits per heavy atom. The van der Waals surface area contributed by atoms with E-state index in [0.29, 0.717) is 22.5 Å². The summed E-state index contributed by atoms with van der Waals surface area (Å²) in [4.78, 5) is 12.7. The lowest BCUT2D eigenvalue weighted by Crippen LogP contribution is -2.44. The van der Waals surface area contributed by atoms with Gasteiger partial charge in [0.2, 0.25) is 11.1 Å². The number of carbonyl (C=O) groups is 1. The van der Waals surface area contributed by atoms with Crippen LogP contribution in [0.5, 0.6) is 5.75 Å². The van der Waals surface area contributed by atoms with E-state index in [1.165, 1.54) is 11.8 Å². The summed E-state index contributed by atoms with van der Waals surface area (Å²) in [5, 5.41) is 12.0. The van der Waals surface area contributed by atoms with Gasteiger partial charge < -0.3 is 15.5 Å². The van der Waals surface area contributed by atoms with Crippen molar-refractivity contribution in [3.05, 3.63) is 34.6 Å². The molecule has 0 fully saturated rings. The van der Waals surface area contributed by atoms with Gasteiger partial charge in [0, 0.05) is 6.54 Å². The molecule has 9 heteroatoms. The van der Waals surface area contributed by atoms with Crippen LogP contribution >= 0.6 is 23.4 Å². The number of nitrogens with one attached hydrogen (secondary N) is 2. The second-order valence-electron chi connectivity index (χ2n) is 5.70. The first-order valence-electron chi connectivity index (χ1n) is 8.01. The molecule has 25 heavy (non-hydrogen) atoms. The fourth-order valence-corrected chi connectivity index (χ4v) is 4.05. The van der Waals surface area contributed by atoms with Crippen LogP contribution in [0.3, 0.4) is 0 Å². The summed E-state index contributed by atoms with van der Waals surface area (Å²) in [6.45, 7) is 4.52. The number of halogens is 1. The number of benzene rings is 1. The van der Waals surface area contributed by atoms with Gasteiger partial charge in [-0.25, -0.2) is 4.68 Å². The minimum absolute atomic E-state index is 0.0387. The van der Waals surface area contributed by atoms with Crippen molar-refractivity contribution in [3.63, 3.8) is 0 Å². The summed E-state index contributed by atoms with van der Waals surface area (Å²) >= 11 is 7.67. The molecule has 0 aliphatic carbocycles. The van der Waals surface area contributed by atoms with Crippen LogP contribution < -0.4 is 15.5 Å². The molecule has 3 rings (SSSR count). The molecule has 0 saturated heterocycles. The van der Waals surface area contributed by atoms with E-state index < -0.39 is 0 Å². The first kappa shape index (κ1) is 17.9. The van der Waals surface area contributed by atoms with Crippen LogP contribution in [0.2, 0.25) is 5.02 Å². The quantitative estimate of drug-likeness (QED) is 0.828. The number of rotatable bonds is 5. The predicted octanol–water partition coefficient (Wildman–Crippen LogP) is 2.53. The number of fused-ring (bicyclic) bond motifs is 1. The van der Waals surface area contributed by atoms with E-state index in [1.807, 2.05) is 26.0 Å². The molecule has 1 amide bonds. The molecule has 1 aliphatic heterocycles. The van der Waals surface area contributed by atoms with Gasteiger partial charge in [0.25, 0.3) is 0 Å². The minimum Gasteiger partial charge on any atom is -0.495 e. The Hall–Kier alpha value is -1.93. The Labute approximate surface area is 155 Å². The number of aromatic nitrogens is 3. The van der Waals surface area contributed by atoms with Crippen LogP contribution in [0.1, 0.15) is 30.8 Å². The molecule has 0 unspecified atom stereocenters. The average Bonchev–Trinajstić information content (AvgIpc) is 2.98. The maximum absolute atomic E-state index is 12.7. The highest BCUT2D eigenvalue weighted by Gasteiger charge is 2.37. The number of methoxy groups -OCH3 is 1. The lowest BCUT2D eigenvalue weighted by Gasteiger charge is -2.32. The van der Waals surface area contributed by atoms with Crippen molar-refractivity contribution in [2.24, 2.45) is 0 Å². The number of aryl methyl sites for hydroxylation is 1. The molecule has 0 bridgehead atoms. The SMILES string of the molecule is CCCNC(=O)[C@@H]1Sc2nnc(C)n2N[C@H]1c1ccc(OC)c(Cl)c1. The highest BCUT2D eigenvalue weighted by Crippen LogP contribution is 2.38. The Bertz CT molecular complexity index is 782. The smallest absolute Gasteiger partial charge is 0.236 e. The second-order valence-corrected chi connectivity index (χ2v) is 7.21. The molecule has 0 spiro atoms. The van der Waals surface area contributed by atoms with Gasteiger partial charge in [-0.3, -0.25) is 4.79 Å². The van der Waals surface area contributed by atoms with Gasteiger partial charge >= 0.3 is 0 Å². The van der Waals surface area contributed by atoms with E-state index in [9.17, 15) is 4.79 Å². The maximum Gasteiger partial charge on any atom is 0.236 e. The number of amides is 1. The van der Waals surface area contributed by atoms with E-state index in [2.05, 4.69) is 20.9 Å². The number of hydrogen-bond donors (Lipinski definition) is 2. The van der Waals surface area contributed by atoms with E-state index in [-0.39, 0.29) is 17.2 Å². The number of ether oxygens (including phenoxy) is 1. The van der Waals surface area contributed by atoms with E-state index in [0.717, 1.165) is 17.8 Å². The number of hydrogen-bond acceptors (Lipinski definition) is 6. The summed E-state index contributed by atoms with van der Waals surface area (Å²) in [5.41, 5.74) is 4.24. The zero-order valence-corrected chi connectivity index (χ0v) is 15.8. The minimum atomic E-state index is -0.382. The first-order valence-corrected chi connectivity index (χ1v) is 9.27. The highest BCUT2D eigenvalue weighted by atomic mass is 35.5. The molecule has 1 aromatic carbocycles. The Morgan fingerprint density at radius 3 is 2.96 bits per heavy atom. The van der Waals surface area contributed by atoms with Gasteiger partial charge in [-0.2, -0.15) is 0 Å². The van der Waals surface area contributed by atoms with Crippen molar-refractivity contribution in [2.45, 2.75) is 36.7 Å². The largest absolute Gasteiger partial charge is 0.495 e. The third-order valence-electron chi connectivity index (χ3n) is 3.94. The Balaban J connectivity index is 1.96. The first-order chi connectivity index (χ1) is 12.0. The van der Waals surface area contributed by atoms with Crippen molar-refractivity contribution in [1.29, 1.82) is 0 Å². The van der Waals surface area contributed by atoms with Crippen molar-refractivity contribution < 1.29 is 9.53 Å². The fourth-order valence-electron chi connectivity index (χ4n) is 2.64. The fraction of sp³-hybridized carbons (Fsp3) is 0.438. The Morgan fingerprint density at radius 1 is 1.48 bits per heavy atom. The van der Waals surface area contributed by atoms with Crippen LogP contribution in [-0.4, -0.2) is 39.7 Å². The van der Waals surface area contributed by atoms with E-state index in [4.69, 9.17) is 16.3 Å². The number of thioether (sulfide) groups is 1. The maximum atomic E-state index is 12.7. The summed E-state index contributed by atoms with van der Waals surface area (Å²) < 4.78 is 7.02. The summed E-state index contributed by atoms with van der Waals surface area (Å²) in [6.07, 6.45) is 0.880. The molecule has 134 valence electrons. The molecule has 0 saturated carbocycles. The van der Waals surface area contributed by atoms with Crippen molar-refractivity contribution in [2.75, 3.05) is 19.1 Å². The monoisotopic (exact) mass is 381 g/mol. The lowest BCUT2D eigenvalue weighted by atomic mass is 10.0. The van der Waals surface area contributed by atoms with Crippen LogP contribution in [0.4, 0.5) is 0 Å². The van der Waals surface area contributed by atoms with Gasteiger partial charge in [0.15, 0.2) is 0 Å². The van der Waals surface area contributed by atoms with Crippen molar-refractivity contribution in [3.8, 4) is 5.75 Å².